The topological polar surface area (TPSA) is 19.4 Å². The molecule has 0 aliphatic carbocycles. The zero-order chi connectivity index (χ0) is 43.4. The monoisotopic (exact) mass is 849 g/mol. The third kappa shape index (κ3) is 8.35. The Labute approximate surface area is 384 Å². The average Bonchev–Trinajstić information content (AvgIpc) is 3.83. The van der Waals surface area contributed by atoms with Gasteiger partial charge in [0, 0.05) is 39.7 Å². The zero-order valence-corrected chi connectivity index (χ0v) is 36.4. The number of nitrogens with zero attached hydrogens (tertiary/aromatic N) is 3. The van der Waals surface area contributed by atoms with E-state index < -0.39 is 0 Å². The molecule has 0 radical (unpaired) electrons. The summed E-state index contributed by atoms with van der Waals surface area (Å²) in [6.45, 7) is 0. The Morgan fingerprint density at radius 1 is 0.231 bits per heavy atom. The van der Waals surface area contributed by atoms with Gasteiger partial charge in [-0.3, -0.25) is 0 Å². The van der Waals surface area contributed by atoms with Crippen LogP contribution in [0.3, 0.4) is 0 Å². The molecule has 3 nitrogen and oxygen atoms in total. The number of hydrogen-bond acceptors (Lipinski definition) is 4. The summed E-state index contributed by atoms with van der Waals surface area (Å²) in [7, 11) is 0. The Bertz CT molecular complexity index is 3180. The lowest BCUT2D eigenvalue weighted by Crippen LogP contribution is -2.10. The van der Waals surface area contributed by atoms with E-state index in [0.717, 1.165) is 61.3 Å². The summed E-state index contributed by atoms with van der Waals surface area (Å²) in [5.41, 5.74) is 18.1. The number of thiazole rings is 1. The van der Waals surface area contributed by atoms with Gasteiger partial charge in [-0.25, -0.2) is 4.98 Å². The highest BCUT2D eigenvalue weighted by Gasteiger charge is 2.17. The second-order valence-electron chi connectivity index (χ2n) is 16.0. The predicted octanol–water partition coefficient (Wildman–Crippen LogP) is 17.6. The van der Waals surface area contributed by atoms with Crippen molar-refractivity contribution in [1.82, 2.24) is 4.98 Å². The lowest BCUT2D eigenvalue weighted by Gasteiger charge is -2.27. The van der Waals surface area contributed by atoms with Crippen LogP contribution in [0.2, 0.25) is 0 Å². The molecular weight excluding hydrogens is 807 g/mol. The third-order valence-electron chi connectivity index (χ3n) is 11.9. The van der Waals surface area contributed by atoms with Gasteiger partial charge in [0.1, 0.15) is 5.01 Å². The second kappa shape index (κ2) is 17.8. The Balaban J connectivity index is 0.905. The molecule has 0 saturated heterocycles. The van der Waals surface area contributed by atoms with E-state index in [0.29, 0.717) is 0 Å². The number of anilines is 6. The summed E-state index contributed by atoms with van der Waals surface area (Å²) >= 11 is 1.73. The summed E-state index contributed by atoms with van der Waals surface area (Å²) in [5, 5.41) is 1.02. The molecular formula is C61H43N3S. The van der Waals surface area contributed by atoms with Crippen LogP contribution in [0.15, 0.2) is 261 Å². The molecule has 0 unspecified atom stereocenters. The highest BCUT2D eigenvalue weighted by atomic mass is 32.1. The van der Waals surface area contributed by atoms with E-state index in [2.05, 4.69) is 265 Å². The van der Waals surface area contributed by atoms with E-state index >= 15 is 0 Å². The van der Waals surface area contributed by atoms with Crippen molar-refractivity contribution < 1.29 is 0 Å². The van der Waals surface area contributed by atoms with Crippen molar-refractivity contribution in [2.75, 3.05) is 9.80 Å². The van der Waals surface area contributed by atoms with Gasteiger partial charge in [-0.05, 0) is 142 Å². The molecule has 308 valence electrons. The predicted molar refractivity (Wildman–Crippen MR) is 276 cm³/mol. The number of benzene rings is 10. The van der Waals surface area contributed by atoms with Crippen LogP contribution in [0.25, 0.3) is 65.3 Å². The average molecular weight is 850 g/mol. The van der Waals surface area contributed by atoms with Crippen LogP contribution >= 0.6 is 11.3 Å². The number of aromatic nitrogens is 1. The molecule has 11 aromatic rings. The Morgan fingerprint density at radius 2 is 0.477 bits per heavy atom. The van der Waals surface area contributed by atoms with Gasteiger partial charge in [0.05, 0.1) is 10.2 Å². The largest absolute Gasteiger partial charge is 0.311 e. The molecule has 0 atom stereocenters. The fraction of sp³-hybridized carbons (Fsp3) is 0. The normalized spacial score (nSPS) is 11.1. The summed E-state index contributed by atoms with van der Waals surface area (Å²) in [6.07, 6.45) is 0. The number of hydrogen-bond donors (Lipinski definition) is 0. The SMILES string of the molecule is c1ccc(-c2ccc(N(c3ccc(-c4ccccc4)cc3)c3ccc(-c4ccc(N(c5ccc(-c6ccccc6)cc5)c5ccc(-c6nc7ccccc7s6)cc5)cc4)cc3)cc2)cc1. The van der Waals surface area contributed by atoms with Gasteiger partial charge in [-0.2, -0.15) is 0 Å². The van der Waals surface area contributed by atoms with Crippen molar-refractivity contribution in [2.24, 2.45) is 0 Å². The summed E-state index contributed by atoms with van der Waals surface area (Å²) in [5.74, 6) is 0. The zero-order valence-electron chi connectivity index (χ0n) is 35.6. The first-order valence-electron chi connectivity index (χ1n) is 21.9. The first-order chi connectivity index (χ1) is 32.2. The van der Waals surface area contributed by atoms with Crippen LogP contribution in [-0.2, 0) is 0 Å². The van der Waals surface area contributed by atoms with Crippen molar-refractivity contribution in [3.63, 3.8) is 0 Å². The Morgan fingerprint density at radius 3 is 0.769 bits per heavy atom. The summed E-state index contributed by atoms with van der Waals surface area (Å²) < 4.78 is 1.20. The molecule has 10 aromatic carbocycles. The molecule has 0 bridgehead atoms. The standard InChI is InChI=1S/C61H43N3S/c1-4-12-44(13-5-1)47-20-32-53(33-21-47)63(54-34-22-48(23-35-54)45-14-6-2-7-15-45)56-38-26-50(27-39-56)51-28-40-57(41-29-51)64(55-36-24-49(25-37-55)46-16-8-3-9-17-46)58-42-30-52(31-43-58)61-62-59-18-10-11-19-60(59)65-61/h1-43H. The van der Waals surface area contributed by atoms with E-state index in [1.807, 2.05) is 6.07 Å². The van der Waals surface area contributed by atoms with Crippen molar-refractivity contribution in [3.05, 3.63) is 261 Å². The van der Waals surface area contributed by atoms with Crippen molar-refractivity contribution >= 4 is 55.7 Å². The van der Waals surface area contributed by atoms with Crippen molar-refractivity contribution in [1.29, 1.82) is 0 Å². The van der Waals surface area contributed by atoms with Crippen LogP contribution in [0.4, 0.5) is 34.1 Å². The van der Waals surface area contributed by atoms with Crippen LogP contribution in [0.1, 0.15) is 0 Å². The van der Waals surface area contributed by atoms with Gasteiger partial charge in [-0.1, -0.05) is 164 Å². The molecule has 0 spiro atoms. The van der Waals surface area contributed by atoms with E-state index in [1.165, 1.54) is 38.1 Å². The third-order valence-corrected chi connectivity index (χ3v) is 13.0. The molecule has 0 aliphatic heterocycles. The fourth-order valence-electron chi connectivity index (χ4n) is 8.55. The molecule has 0 amide bonds. The maximum absolute atomic E-state index is 4.93. The van der Waals surface area contributed by atoms with E-state index in [1.54, 1.807) is 11.3 Å². The molecule has 0 fully saturated rings. The number of fused-ring (bicyclic) bond motifs is 1. The number of para-hydroxylation sites is 1. The smallest absolute Gasteiger partial charge is 0.124 e. The minimum atomic E-state index is 1.02. The van der Waals surface area contributed by atoms with E-state index in [9.17, 15) is 0 Å². The molecule has 1 heterocycles. The van der Waals surface area contributed by atoms with Gasteiger partial charge in [0.15, 0.2) is 0 Å². The minimum Gasteiger partial charge on any atom is -0.311 e. The van der Waals surface area contributed by atoms with Gasteiger partial charge in [-0.15, -0.1) is 11.3 Å². The lowest BCUT2D eigenvalue weighted by atomic mass is 10.0. The molecule has 65 heavy (non-hydrogen) atoms. The van der Waals surface area contributed by atoms with Gasteiger partial charge < -0.3 is 9.80 Å². The van der Waals surface area contributed by atoms with Crippen LogP contribution < -0.4 is 9.80 Å². The van der Waals surface area contributed by atoms with Crippen molar-refractivity contribution in [3.8, 4) is 55.1 Å². The molecule has 0 saturated carbocycles. The minimum absolute atomic E-state index is 1.02. The van der Waals surface area contributed by atoms with E-state index in [4.69, 9.17) is 4.98 Å². The van der Waals surface area contributed by atoms with Gasteiger partial charge >= 0.3 is 0 Å². The molecule has 1 aromatic heterocycles. The Kier molecular flexibility index (Phi) is 10.8. The quantitative estimate of drug-likeness (QED) is 0.129. The summed E-state index contributed by atoms with van der Waals surface area (Å²) in [6, 6.07) is 93.2. The van der Waals surface area contributed by atoms with Crippen molar-refractivity contribution in [2.45, 2.75) is 0 Å². The van der Waals surface area contributed by atoms with Gasteiger partial charge in [0.25, 0.3) is 0 Å². The second-order valence-corrected chi connectivity index (χ2v) is 17.1. The number of rotatable bonds is 11. The maximum Gasteiger partial charge on any atom is 0.124 e. The highest BCUT2D eigenvalue weighted by Crippen LogP contribution is 2.41. The van der Waals surface area contributed by atoms with Crippen LogP contribution in [0.5, 0.6) is 0 Å². The van der Waals surface area contributed by atoms with E-state index in [-0.39, 0.29) is 0 Å². The van der Waals surface area contributed by atoms with Crippen LogP contribution in [-0.4, -0.2) is 4.98 Å². The fourth-order valence-corrected chi connectivity index (χ4v) is 9.52. The molecule has 11 rings (SSSR count). The first kappa shape index (κ1) is 39.5. The highest BCUT2D eigenvalue weighted by molar-refractivity contribution is 7.21. The summed E-state index contributed by atoms with van der Waals surface area (Å²) in [4.78, 5) is 9.59. The van der Waals surface area contributed by atoms with Gasteiger partial charge in [0.2, 0.25) is 0 Å². The molecule has 4 heteroatoms. The lowest BCUT2D eigenvalue weighted by molar-refractivity contribution is 1.28. The maximum atomic E-state index is 4.93. The first-order valence-corrected chi connectivity index (χ1v) is 22.8. The Hall–Kier alpha value is -8.31. The van der Waals surface area contributed by atoms with Crippen LogP contribution in [0, 0.1) is 0 Å². The molecule has 0 N–H and O–H groups in total. The molecule has 0 aliphatic rings.